The van der Waals surface area contributed by atoms with E-state index in [1.165, 1.54) is 12.1 Å². The summed E-state index contributed by atoms with van der Waals surface area (Å²) in [6.45, 7) is 0. The van der Waals surface area contributed by atoms with E-state index in [-0.39, 0.29) is 12.1 Å². The van der Waals surface area contributed by atoms with E-state index in [1.54, 1.807) is 6.07 Å². The van der Waals surface area contributed by atoms with E-state index in [2.05, 4.69) is 10.6 Å². The van der Waals surface area contributed by atoms with Crippen molar-refractivity contribution in [2.45, 2.75) is 18.0 Å². The summed E-state index contributed by atoms with van der Waals surface area (Å²) >= 11 is 0. The molecule has 1 aliphatic carbocycles. The highest BCUT2D eigenvalue weighted by Gasteiger charge is 2.55. The largest absolute Gasteiger partial charge is 0.322 e. The molecule has 0 bridgehead atoms. The third-order valence-corrected chi connectivity index (χ3v) is 3.64. The molecule has 1 saturated heterocycles. The number of nitro groups is 1. The lowest BCUT2D eigenvalue weighted by Gasteiger charge is -2.24. The van der Waals surface area contributed by atoms with Gasteiger partial charge in [0.25, 0.3) is 11.6 Å². The van der Waals surface area contributed by atoms with Crippen LogP contribution in [0.2, 0.25) is 0 Å². The maximum atomic E-state index is 11.9. The second-order valence-electron chi connectivity index (χ2n) is 4.67. The van der Waals surface area contributed by atoms with Gasteiger partial charge in [0.2, 0.25) is 0 Å². The second-order valence-corrected chi connectivity index (χ2v) is 4.67. The van der Waals surface area contributed by atoms with Crippen LogP contribution in [0.25, 0.3) is 0 Å². The summed E-state index contributed by atoms with van der Waals surface area (Å²) in [7, 11) is 0. The Bertz CT molecular complexity index is 629. The van der Waals surface area contributed by atoms with E-state index in [1.807, 2.05) is 0 Å². The minimum absolute atomic E-state index is 0.0871. The first-order valence-corrected chi connectivity index (χ1v) is 5.60. The molecule has 1 aromatic rings. The predicted octanol–water partition coefficient (Wildman–Crippen LogP) is -0.271. The maximum absolute atomic E-state index is 11.9. The van der Waals surface area contributed by atoms with E-state index < -0.39 is 28.4 Å². The van der Waals surface area contributed by atoms with Crippen LogP contribution in [0.15, 0.2) is 18.2 Å². The lowest BCUT2D eigenvalue weighted by Crippen LogP contribution is -2.53. The van der Waals surface area contributed by atoms with Crippen LogP contribution in [-0.4, -0.2) is 22.4 Å². The van der Waals surface area contributed by atoms with Crippen LogP contribution in [-0.2, 0) is 11.2 Å². The molecule has 1 heterocycles. The monoisotopic (exact) mass is 262 g/mol. The van der Waals surface area contributed by atoms with Crippen LogP contribution in [0.5, 0.6) is 0 Å². The Labute approximate surface area is 107 Å². The van der Waals surface area contributed by atoms with Gasteiger partial charge in [0.1, 0.15) is 5.54 Å². The van der Waals surface area contributed by atoms with Gasteiger partial charge in [-0.25, -0.2) is 4.79 Å². The first kappa shape index (κ1) is 11.6. The normalized spacial score (nSPS) is 28.2. The minimum Gasteiger partial charge on any atom is -0.322 e. The number of carbonyl (C=O) groups is 2. The molecule has 1 spiro atoms. The molecule has 2 atom stereocenters. The lowest BCUT2D eigenvalue weighted by atomic mass is 9.92. The molecule has 4 N–H and O–H groups in total. The van der Waals surface area contributed by atoms with Gasteiger partial charge in [-0.2, -0.15) is 0 Å². The summed E-state index contributed by atoms with van der Waals surface area (Å²) < 4.78 is 0. The number of hydrogen-bond donors (Lipinski definition) is 3. The fourth-order valence-electron chi connectivity index (χ4n) is 2.67. The molecule has 1 fully saturated rings. The van der Waals surface area contributed by atoms with E-state index in [0.29, 0.717) is 5.56 Å². The summed E-state index contributed by atoms with van der Waals surface area (Å²) in [6.07, 6.45) is 0.235. The van der Waals surface area contributed by atoms with Gasteiger partial charge in [-0.3, -0.25) is 20.2 Å². The Balaban J connectivity index is 2.07. The summed E-state index contributed by atoms with van der Waals surface area (Å²) in [5.74, 6) is -0.496. The average Bonchev–Trinajstić information content (AvgIpc) is 2.78. The van der Waals surface area contributed by atoms with Crippen molar-refractivity contribution in [3.8, 4) is 0 Å². The highest BCUT2D eigenvalue weighted by atomic mass is 16.6. The van der Waals surface area contributed by atoms with Crippen molar-refractivity contribution in [2.24, 2.45) is 5.73 Å². The molecule has 0 radical (unpaired) electrons. The number of nitro benzene ring substituents is 1. The molecule has 8 heteroatoms. The SMILES string of the molecule is NC1c2cc([N+](=O)[O-])ccc2CC12NC(=O)NC2=O. The number of fused-ring (bicyclic) bond motifs is 1. The first-order chi connectivity index (χ1) is 8.94. The van der Waals surface area contributed by atoms with Crippen molar-refractivity contribution in [1.82, 2.24) is 10.6 Å². The number of nitrogens with zero attached hydrogens (tertiary/aromatic N) is 1. The highest BCUT2D eigenvalue weighted by Crippen LogP contribution is 2.40. The van der Waals surface area contributed by atoms with Gasteiger partial charge in [-0.05, 0) is 11.1 Å². The van der Waals surface area contributed by atoms with Crippen LogP contribution < -0.4 is 16.4 Å². The third-order valence-electron chi connectivity index (χ3n) is 3.64. The molecule has 2 aliphatic rings. The number of non-ortho nitro benzene ring substituents is 1. The standard InChI is InChI=1S/C11H10N4O4/c12-8-7-3-6(15(18)19)2-1-5(7)4-11(8)9(16)13-10(17)14-11/h1-3,8H,4,12H2,(H2,13,14,16,17). The van der Waals surface area contributed by atoms with Gasteiger partial charge in [-0.15, -0.1) is 0 Å². The van der Waals surface area contributed by atoms with Crippen molar-refractivity contribution in [2.75, 3.05) is 0 Å². The highest BCUT2D eigenvalue weighted by molar-refractivity contribution is 6.08. The van der Waals surface area contributed by atoms with E-state index in [9.17, 15) is 19.7 Å². The van der Waals surface area contributed by atoms with Gasteiger partial charge in [-0.1, -0.05) is 6.07 Å². The van der Waals surface area contributed by atoms with E-state index >= 15 is 0 Å². The Hall–Kier alpha value is -2.48. The van der Waals surface area contributed by atoms with Crippen LogP contribution in [0, 0.1) is 10.1 Å². The summed E-state index contributed by atoms with van der Waals surface area (Å²) in [4.78, 5) is 33.4. The fourth-order valence-corrected chi connectivity index (χ4v) is 2.67. The molecule has 3 rings (SSSR count). The zero-order valence-electron chi connectivity index (χ0n) is 9.67. The third kappa shape index (κ3) is 1.43. The average molecular weight is 262 g/mol. The Morgan fingerprint density at radius 2 is 2.16 bits per heavy atom. The van der Waals surface area contributed by atoms with Crippen molar-refractivity contribution in [1.29, 1.82) is 0 Å². The first-order valence-electron chi connectivity index (χ1n) is 5.60. The van der Waals surface area contributed by atoms with Crippen molar-refractivity contribution < 1.29 is 14.5 Å². The molecule has 2 unspecified atom stereocenters. The number of imide groups is 1. The molecule has 0 saturated carbocycles. The number of amides is 3. The van der Waals surface area contributed by atoms with Crippen molar-refractivity contribution in [3.63, 3.8) is 0 Å². The molecule has 0 aromatic heterocycles. The fraction of sp³-hybridized carbons (Fsp3) is 0.273. The molecule has 98 valence electrons. The van der Waals surface area contributed by atoms with E-state index in [4.69, 9.17) is 5.73 Å². The van der Waals surface area contributed by atoms with Crippen molar-refractivity contribution in [3.05, 3.63) is 39.4 Å². The summed E-state index contributed by atoms with van der Waals surface area (Å²) in [5, 5.41) is 15.4. The smallest absolute Gasteiger partial charge is 0.322 e. The zero-order chi connectivity index (χ0) is 13.8. The number of hydrogen-bond acceptors (Lipinski definition) is 5. The van der Waals surface area contributed by atoms with Crippen molar-refractivity contribution >= 4 is 17.6 Å². The van der Waals surface area contributed by atoms with Crippen LogP contribution in [0.1, 0.15) is 17.2 Å². The summed E-state index contributed by atoms with van der Waals surface area (Å²) in [5.41, 5.74) is 5.95. The quantitative estimate of drug-likeness (QED) is 0.364. The van der Waals surface area contributed by atoms with Gasteiger partial charge < -0.3 is 11.1 Å². The number of urea groups is 1. The van der Waals surface area contributed by atoms with E-state index in [0.717, 1.165) is 5.56 Å². The van der Waals surface area contributed by atoms with Crippen LogP contribution in [0.4, 0.5) is 10.5 Å². The number of nitrogens with two attached hydrogens (primary N) is 1. The van der Waals surface area contributed by atoms with Crippen LogP contribution >= 0.6 is 0 Å². The Morgan fingerprint density at radius 3 is 2.74 bits per heavy atom. The maximum Gasteiger partial charge on any atom is 0.322 e. The lowest BCUT2D eigenvalue weighted by molar-refractivity contribution is -0.384. The number of nitrogens with one attached hydrogen (secondary N) is 2. The summed E-state index contributed by atoms with van der Waals surface area (Å²) in [6, 6.07) is 2.89. The molecule has 1 aromatic carbocycles. The molecular formula is C11H10N4O4. The number of rotatable bonds is 1. The van der Waals surface area contributed by atoms with Gasteiger partial charge in [0, 0.05) is 18.6 Å². The predicted molar refractivity (Wildman–Crippen MR) is 63.1 cm³/mol. The molecule has 19 heavy (non-hydrogen) atoms. The second kappa shape index (κ2) is 3.51. The Kier molecular flexibility index (Phi) is 2.14. The zero-order valence-corrected chi connectivity index (χ0v) is 9.67. The number of benzene rings is 1. The minimum atomic E-state index is -1.23. The van der Waals surface area contributed by atoms with Gasteiger partial charge in [0.05, 0.1) is 11.0 Å². The van der Waals surface area contributed by atoms with Gasteiger partial charge in [0.15, 0.2) is 0 Å². The molecule has 3 amide bonds. The van der Waals surface area contributed by atoms with Gasteiger partial charge >= 0.3 is 6.03 Å². The molecule has 1 aliphatic heterocycles. The topological polar surface area (TPSA) is 127 Å². The molecular weight excluding hydrogens is 252 g/mol. The Morgan fingerprint density at radius 1 is 1.42 bits per heavy atom. The number of carbonyl (C=O) groups excluding carboxylic acids is 2. The van der Waals surface area contributed by atoms with Crippen LogP contribution in [0.3, 0.4) is 0 Å². The molecule has 8 nitrogen and oxygen atoms in total.